The van der Waals surface area contributed by atoms with Gasteiger partial charge in [-0.3, -0.25) is 0 Å². The van der Waals surface area contributed by atoms with Crippen LogP contribution in [0.2, 0.25) is 0 Å². The van der Waals surface area contributed by atoms with E-state index in [1.165, 1.54) is 4.57 Å². The van der Waals surface area contributed by atoms with Crippen molar-refractivity contribution in [2.24, 2.45) is 7.05 Å². The van der Waals surface area contributed by atoms with E-state index in [0.717, 1.165) is 6.07 Å². The van der Waals surface area contributed by atoms with E-state index < -0.39 is 24.3 Å². The van der Waals surface area contributed by atoms with Crippen LogP contribution in [0.25, 0.3) is 22.2 Å². The molecule has 0 spiro atoms. The number of hydrogen-bond donors (Lipinski definition) is 1. The van der Waals surface area contributed by atoms with Crippen LogP contribution in [-0.2, 0) is 18.0 Å². The normalized spacial score (nSPS) is 11.7. The lowest BCUT2D eigenvalue weighted by molar-refractivity contribution is -0.139. The number of halogens is 3. The molecule has 0 fully saturated rings. The van der Waals surface area contributed by atoms with Crippen molar-refractivity contribution in [2.75, 3.05) is 6.61 Å². The number of aromatic nitrogens is 2. The van der Waals surface area contributed by atoms with Crippen molar-refractivity contribution < 1.29 is 27.8 Å². The number of pyridine rings is 1. The predicted molar refractivity (Wildman–Crippen MR) is 84.3 cm³/mol. The molecule has 0 radical (unpaired) electrons. The van der Waals surface area contributed by atoms with Crippen LogP contribution in [-0.4, -0.2) is 27.2 Å². The first kappa shape index (κ1) is 16.8. The molecular weight excluding hydrogens is 337 g/mol. The summed E-state index contributed by atoms with van der Waals surface area (Å²) in [5.41, 5.74) is 0.161. The SMILES string of the molecule is Cn1cc(-c2ccccc2)c2c(C(F)(F)F)cc(OCC(=O)O)nc21. The van der Waals surface area contributed by atoms with Gasteiger partial charge in [0, 0.05) is 30.3 Å². The van der Waals surface area contributed by atoms with E-state index in [0.29, 0.717) is 11.1 Å². The third-order valence-corrected chi connectivity index (χ3v) is 3.64. The summed E-state index contributed by atoms with van der Waals surface area (Å²) in [5.74, 6) is -1.68. The molecule has 25 heavy (non-hydrogen) atoms. The van der Waals surface area contributed by atoms with Gasteiger partial charge in [0.05, 0.1) is 5.56 Å². The van der Waals surface area contributed by atoms with Crippen molar-refractivity contribution in [1.29, 1.82) is 0 Å². The summed E-state index contributed by atoms with van der Waals surface area (Å²) in [6, 6.07) is 9.40. The van der Waals surface area contributed by atoms with Gasteiger partial charge >= 0.3 is 12.1 Å². The number of aliphatic carboxylic acids is 1. The summed E-state index contributed by atoms with van der Waals surface area (Å²) in [5, 5.41) is 8.59. The summed E-state index contributed by atoms with van der Waals surface area (Å²) < 4.78 is 47.1. The minimum atomic E-state index is -4.65. The van der Waals surface area contributed by atoms with Crippen LogP contribution in [0.4, 0.5) is 13.2 Å². The van der Waals surface area contributed by atoms with Gasteiger partial charge in [-0.1, -0.05) is 30.3 Å². The summed E-state index contributed by atoms with van der Waals surface area (Å²) in [7, 11) is 1.57. The van der Waals surface area contributed by atoms with Gasteiger partial charge in [-0.05, 0) is 5.56 Å². The highest BCUT2D eigenvalue weighted by molar-refractivity contribution is 5.97. The lowest BCUT2D eigenvalue weighted by Crippen LogP contribution is -2.12. The van der Waals surface area contributed by atoms with Crippen LogP contribution in [0.3, 0.4) is 0 Å². The fourth-order valence-corrected chi connectivity index (χ4v) is 2.62. The van der Waals surface area contributed by atoms with Crippen LogP contribution in [0.1, 0.15) is 5.56 Å². The molecule has 1 aromatic carbocycles. The largest absolute Gasteiger partial charge is 0.479 e. The first-order chi connectivity index (χ1) is 11.8. The molecule has 0 saturated carbocycles. The molecule has 1 N–H and O–H groups in total. The Bertz CT molecular complexity index is 934. The van der Waals surface area contributed by atoms with E-state index in [1.54, 1.807) is 43.6 Å². The minimum Gasteiger partial charge on any atom is -0.479 e. The number of rotatable bonds is 4. The number of benzene rings is 1. The second kappa shape index (κ2) is 6.12. The summed E-state index contributed by atoms with van der Waals surface area (Å²) in [4.78, 5) is 14.6. The van der Waals surface area contributed by atoms with E-state index >= 15 is 0 Å². The van der Waals surface area contributed by atoms with E-state index in [-0.39, 0.29) is 16.9 Å². The van der Waals surface area contributed by atoms with Gasteiger partial charge in [-0.2, -0.15) is 18.2 Å². The lowest BCUT2D eigenvalue weighted by atomic mass is 10.0. The van der Waals surface area contributed by atoms with Crippen molar-refractivity contribution in [3.05, 3.63) is 48.2 Å². The second-order valence-corrected chi connectivity index (χ2v) is 5.41. The third-order valence-electron chi connectivity index (χ3n) is 3.64. The van der Waals surface area contributed by atoms with Crippen molar-refractivity contribution in [2.45, 2.75) is 6.18 Å². The van der Waals surface area contributed by atoms with Crippen LogP contribution < -0.4 is 4.74 Å². The maximum atomic E-state index is 13.6. The molecule has 0 aliphatic heterocycles. The highest BCUT2D eigenvalue weighted by Gasteiger charge is 2.36. The zero-order valence-electron chi connectivity index (χ0n) is 13.0. The zero-order chi connectivity index (χ0) is 18.2. The predicted octanol–water partition coefficient (Wildman–Crippen LogP) is 3.72. The molecule has 0 atom stereocenters. The first-order valence-corrected chi connectivity index (χ1v) is 7.24. The van der Waals surface area contributed by atoms with Crippen LogP contribution >= 0.6 is 0 Å². The van der Waals surface area contributed by atoms with E-state index in [4.69, 9.17) is 9.84 Å². The van der Waals surface area contributed by atoms with Gasteiger partial charge in [0.25, 0.3) is 0 Å². The highest BCUT2D eigenvalue weighted by Crippen LogP contribution is 2.41. The Kier molecular flexibility index (Phi) is 4.12. The second-order valence-electron chi connectivity index (χ2n) is 5.41. The highest BCUT2D eigenvalue weighted by atomic mass is 19.4. The molecule has 0 unspecified atom stereocenters. The maximum Gasteiger partial charge on any atom is 0.417 e. The van der Waals surface area contributed by atoms with E-state index in [2.05, 4.69) is 4.98 Å². The van der Waals surface area contributed by atoms with Gasteiger partial charge in [0.2, 0.25) is 5.88 Å². The standard InChI is InChI=1S/C17H13F3N2O3/c1-22-8-11(10-5-3-2-4-6-10)15-12(17(18,19)20)7-13(21-16(15)22)25-9-14(23)24/h2-8H,9H2,1H3,(H,23,24). The molecule has 0 amide bonds. The molecule has 0 aliphatic carbocycles. The maximum absolute atomic E-state index is 13.6. The van der Waals surface area contributed by atoms with Gasteiger partial charge in [-0.25, -0.2) is 4.79 Å². The summed E-state index contributed by atoms with van der Waals surface area (Å²) in [6.07, 6.45) is -3.09. The van der Waals surface area contributed by atoms with Crippen molar-refractivity contribution >= 4 is 17.0 Å². The topological polar surface area (TPSA) is 64.3 Å². The van der Waals surface area contributed by atoms with Crippen LogP contribution in [0.5, 0.6) is 5.88 Å². The molecule has 0 saturated heterocycles. The summed E-state index contributed by atoms with van der Waals surface area (Å²) >= 11 is 0. The van der Waals surface area contributed by atoms with Crippen molar-refractivity contribution in [3.8, 4) is 17.0 Å². The van der Waals surface area contributed by atoms with Crippen molar-refractivity contribution in [1.82, 2.24) is 9.55 Å². The molecule has 0 bridgehead atoms. The molecule has 5 nitrogen and oxygen atoms in total. The Balaban J connectivity index is 2.26. The summed E-state index contributed by atoms with van der Waals surface area (Å²) in [6.45, 7) is -0.772. The first-order valence-electron chi connectivity index (χ1n) is 7.24. The zero-order valence-corrected chi connectivity index (χ0v) is 13.0. The lowest BCUT2D eigenvalue weighted by Gasteiger charge is -2.12. The van der Waals surface area contributed by atoms with Crippen LogP contribution in [0, 0.1) is 0 Å². The number of ether oxygens (including phenoxy) is 1. The number of nitrogens with zero attached hydrogens (tertiary/aromatic N) is 2. The van der Waals surface area contributed by atoms with Gasteiger partial charge in [0.15, 0.2) is 6.61 Å². The Labute approximate surface area is 140 Å². The quantitative estimate of drug-likeness (QED) is 0.779. The fourth-order valence-electron chi connectivity index (χ4n) is 2.62. The monoisotopic (exact) mass is 350 g/mol. The minimum absolute atomic E-state index is 0.0520. The molecular formula is C17H13F3N2O3. The van der Waals surface area contributed by atoms with Gasteiger partial charge in [0.1, 0.15) is 5.65 Å². The molecule has 3 aromatic rings. The Morgan fingerprint density at radius 2 is 1.96 bits per heavy atom. The number of alkyl halides is 3. The number of aryl methyl sites for hydroxylation is 1. The number of carbonyl (C=O) groups is 1. The fraction of sp³-hybridized carbons (Fsp3) is 0.176. The number of hydrogen-bond acceptors (Lipinski definition) is 3. The molecule has 3 rings (SSSR count). The molecule has 8 heteroatoms. The average Bonchev–Trinajstić information content (AvgIpc) is 2.89. The Morgan fingerprint density at radius 1 is 1.28 bits per heavy atom. The average molecular weight is 350 g/mol. The van der Waals surface area contributed by atoms with Crippen LogP contribution in [0.15, 0.2) is 42.6 Å². The Morgan fingerprint density at radius 3 is 2.56 bits per heavy atom. The Hall–Kier alpha value is -3.03. The van der Waals surface area contributed by atoms with Crippen molar-refractivity contribution in [3.63, 3.8) is 0 Å². The van der Waals surface area contributed by atoms with Gasteiger partial charge in [-0.15, -0.1) is 0 Å². The molecule has 2 aromatic heterocycles. The number of carboxylic acid groups (broad SMARTS) is 1. The van der Waals surface area contributed by atoms with Gasteiger partial charge < -0.3 is 14.4 Å². The third kappa shape index (κ3) is 3.28. The smallest absolute Gasteiger partial charge is 0.417 e. The molecule has 0 aliphatic rings. The molecule has 130 valence electrons. The number of fused-ring (bicyclic) bond motifs is 1. The van der Waals surface area contributed by atoms with E-state index in [9.17, 15) is 18.0 Å². The van der Waals surface area contributed by atoms with E-state index in [1.807, 2.05) is 0 Å². The number of carboxylic acids is 1. The molecule has 2 heterocycles.